The van der Waals surface area contributed by atoms with Gasteiger partial charge in [0.1, 0.15) is 0 Å². The van der Waals surface area contributed by atoms with Crippen molar-refractivity contribution in [2.75, 3.05) is 18.5 Å². The van der Waals surface area contributed by atoms with E-state index >= 15 is 0 Å². The highest BCUT2D eigenvalue weighted by atomic mass is 32.2. The van der Waals surface area contributed by atoms with E-state index in [4.69, 9.17) is 4.74 Å². The maximum atomic E-state index is 12.9. The quantitative estimate of drug-likeness (QED) is 0.690. The first-order valence-corrected chi connectivity index (χ1v) is 11.7. The first-order chi connectivity index (χ1) is 14.7. The Morgan fingerprint density at radius 1 is 1.06 bits per heavy atom. The molecule has 0 aliphatic heterocycles. The molecule has 1 aliphatic carbocycles. The molecule has 7 nitrogen and oxygen atoms in total. The Hall–Kier alpha value is -2.87. The van der Waals surface area contributed by atoms with Crippen molar-refractivity contribution in [3.63, 3.8) is 0 Å². The summed E-state index contributed by atoms with van der Waals surface area (Å²) in [5.74, 6) is -1.08. The average Bonchev–Trinajstić information content (AvgIpc) is 2.78. The van der Waals surface area contributed by atoms with Gasteiger partial charge >= 0.3 is 5.97 Å². The van der Waals surface area contributed by atoms with Gasteiger partial charge in [-0.25, -0.2) is 8.42 Å². The second-order valence-electron chi connectivity index (χ2n) is 8.03. The van der Waals surface area contributed by atoms with Gasteiger partial charge in [0.2, 0.25) is 0 Å². The summed E-state index contributed by atoms with van der Waals surface area (Å²) in [5.41, 5.74) is 0.167. The van der Waals surface area contributed by atoms with E-state index < -0.39 is 21.5 Å². The van der Waals surface area contributed by atoms with Crippen molar-refractivity contribution < 1.29 is 22.7 Å². The summed E-state index contributed by atoms with van der Waals surface area (Å²) in [6, 6.07) is 14.6. The summed E-state index contributed by atoms with van der Waals surface area (Å²) in [4.78, 5) is 25.1. The number of hydrogen-bond acceptors (Lipinski definition) is 5. The van der Waals surface area contributed by atoms with Crippen molar-refractivity contribution in [1.82, 2.24) is 5.32 Å². The van der Waals surface area contributed by atoms with Crippen molar-refractivity contribution in [2.45, 2.75) is 43.0 Å². The largest absolute Gasteiger partial charge is 0.469 e. The Kier molecular flexibility index (Phi) is 6.69. The molecule has 0 saturated heterocycles. The monoisotopic (exact) mass is 444 g/mol. The number of anilines is 1. The van der Waals surface area contributed by atoms with Gasteiger partial charge in [0.25, 0.3) is 15.9 Å². The van der Waals surface area contributed by atoms with Gasteiger partial charge in [0.05, 0.1) is 29.1 Å². The number of esters is 1. The molecule has 1 aliphatic rings. The van der Waals surface area contributed by atoms with Gasteiger partial charge < -0.3 is 10.1 Å². The van der Waals surface area contributed by atoms with Crippen LogP contribution in [0.5, 0.6) is 0 Å². The lowest BCUT2D eigenvalue weighted by Crippen LogP contribution is -2.55. The molecule has 2 aromatic carbocycles. The zero-order chi connectivity index (χ0) is 22.6. The molecule has 1 saturated carbocycles. The lowest BCUT2D eigenvalue weighted by Gasteiger charge is -2.40. The van der Waals surface area contributed by atoms with Crippen molar-refractivity contribution in [3.8, 4) is 0 Å². The van der Waals surface area contributed by atoms with Crippen LogP contribution in [0.2, 0.25) is 0 Å². The van der Waals surface area contributed by atoms with Crippen LogP contribution in [0.4, 0.5) is 5.69 Å². The number of methoxy groups -OCH3 is 1. The topological polar surface area (TPSA) is 92.8 Å². The fraction of sp³-hybridized carbons (Fsp3) is 0.391. The maximum Gasteiger partial charge on any atom is 0.311 e. The van der Waals surface area contributed by atoms with Gasteiger partial charge in [0.15, 0.2) is 0 Å². The van der Waals surface area contributed by atoms with Crippen molar-refractivity contribution in [2.24, 2.45) is 5.92 Å². The summed E-state index contributed by atoms with van der Waals surface area (Å²) in [7, 11) is -0.916. The minimum atomic E-state index is -3.76. The first-order valence-electron chi connectivity index (χ1n) is 10.2. The molecule has 0 aromatic heterocycles. The number of rotatable bonds is 6. The third-order valence-corrected chi connectivity index (χ3v) is 7.79. The lowest BCUT2D eigenvalue weighted by atomic mass is 9.73. The van der Waals surface area contributed by atoms with Crippen molar-refractivity contribution in [3.05, 3.63) is 60.2 Å². The molecule has 1 fully saturated rings. The van der Waals surface area contributed by atoms with Crippen LogP contribution in [0.15, 0.2) is 59.5 Å². The minimum Gasteiger partial charge on any atom is -0.469 e. The Bertz CT molecular complexity index is 1040. The van der Waals surface area contributed by atoms with Gasteiger partial charge in [-0.3, -0.25) is 13.9 Å². The molecule has 2 atom stereocenters. The zero-order valence-electron chi connectivity index (χ0n) is 18.0. The van der Waals surface area contributed by atoms with E-state index in [1.807, 2.05) is 13.0 Å². The third-order valence-electron chi connectivity index (χ3n) is 5.99. The van der Waals surface area contributed by atoms with Crippen molar-refractivity contribution >= 4 is 27.6 Å². The molecule has 8 heteroatoms. The zero-order valence-corrected chi connectivity index (χ0v) is 18.8. The Balaban J connectivity index is 1.78. The Labute approximate surface area is 183 Å². The van der Waals surface area contributed by atoms with Crippen LogP contribution in [0, 0.1) is 5.92 Å². The molecule has 0 heterocycles. The highest BCUT2D eigenvalue weighted by Crippen LogP contribution is 2.34. The molecule has 0 radical (unpaired) electrons. The molecular formula is C23H28N2O5S. The van der Waals surface area contributed by atoms with Crippen LogP contribution in [-0.2, 0) is 19.6 Å². The fourth-order valence-corrected chi connectivity index (χ4v) is 5.24. The summed E-state index contributed by atoms with van der Waals surface area (Å²) < 4.78 is 31.9. The van der Waals surface area contributed by atoms with Gasteiger partial charge in [-0.2, -0.15) is 0 Å². The summed E-state index contributed by atoms with van der Waals surface area (Å²) in [5, 5.41) is 2.98. The third kappa shape index (κ3) is 4.74. The van der Waals surface area contributed by atoms with Crippen LogP contribution in [0.1, 0.15) is 43.0 Å². The van der Waals surface area contributed by atoms with E-state index in [1.54, 1.807) is 24.3 Å². The number of hydrogen-bond donors (Lipinski definition) is 1. The summed E-state index contributed by atoms with van der Waals surface area (Å²) in [6.07, 6.45) is 3.15. The molecule has 0 bridgehead atoms. The number of nitrogens with zero attached hydrogens (tertiary/aromatic N) is 1. The normalized spacial score (nSPS) is 21.2. The molecule has 3 rings (SSSR count). The number of para-hydroxylation sites is 1. The van der Waals surface area contributed by atoms with Gasteiger partial charge in [0, 0.05) is 12.6 Å². The summed E-state index contributed by atoms with van der Waals surface area (Å²) in [6.45, 7) is 1.86. The molecule has 0 spiro atoms. The van der Waals surface area contributed by atoms with E-state index in [0.717, 1.165) is 12.8 Å². The van der Waals surface area contributed by atoms with Gasteiger partial charge in [-0.05, 0) is 56.2 Å². The minimum absolute atomic E-state index is 0.0896. The van der Waals surface area contributed by atoms with E-state index in [9.17, 15) is 18.0 Å². The molecule has 1 N–H and O–H groups in total. The van der Waals surface area contributed by atoms with Crippen LogP contribution < -0.4 is 9.62 Å². The number of nitrogens with one attached hydrogen (secondary N) is 1. The molecule has 166 valence electrons. The molecule has 31 heavy (non-hydrogen) atoms. The van der Waals surface area contributed by atoms with Crippen LogP contribution in [0.25, 0.3) is 0 Å². The number of carbonyl (C=O) groups is 2. The van der Waals surface area contributed by atoms with Crippen molar-refractivity contribution in [1.29, 1.82) is 0 Å². The van der Waals surface area contributed by atoms with E-state index in [1.165, 1.54) is 42.7 Å². The van der Waals surface area contributed by atoms with Crippen LogP contribution in [-0.4, -0.2) is 40.0 Å². The highest BCUT2D eigenvalue weighted by molar-refractivity contribution is 7.92. The van der Waals surface area contributed by atoms with Crippen LogP contribution >= 0.6 is 0 Å². The fourth-order valence-electron chi connectivity index (χ4n) is 4.05. The van der Waals surface area contributed by atoms with Crippen LogP contribution in [0.3, 0.4) is 0 Å². The molecule has 1 amide bonds. The molecule has 2 aromatic rings. The van der Waals surface area contributed by atoms with E-state index in [2.05, 4.69) is 5.32 Å². The SMILES string of the molecule is COC(=O)[C@@H]1CCCC[C@]1(C)NC(=O)c1ccc(S(=O)(=O)N(C)c2ccccc2)cc1. The van der Waals surface area contributed by atoms with E-state index in [-0.39, 0.29) is 16.8 Å². The number of sulfonamides is 1. The maximum absolute atomic E-state index is 12.9. The second-order valence-corrected chi connectivity index (χ2v) is 9.99. The lowest BCUT2D eigenvalue weighted by molar-refractivity contribution is -0.149. The molecular weight excluding hydrogens is 416 g/mol. The predicted molar refractivity (Wildman–Crippen MR) is 118 cm³/mol. The summed E-state index contributed by atoms with van der Waals surface area (Å²) >= 11 is 0. The second kappa shape index (κ2) is 9.09. The Morgan fingerprint density at radius 3 is 2.32 bits per heavy atom. The smallest absolute Gasteiger partial charge is 0.311 e. The number of ether oxygens (including phenoxy) is 1. The predicted octanol–water partition coefficient (Wildman–Crippen LogP) is 3.36. The van der Waals surface area contributed by atoms with Gasteiger partial charge in [-0.1, -0.05) is 31.0 Å². The number of benzene rings is 2. The number of carbonyl (C=O) groups excluding carboxylic acids is 2. The highest BCUT2D eigenvalue weighted by Gasteiger charge is 2.42. The average molecular weight is 445 g/mol. The van der Waals surface area contributed by atoms with Gasteiger partial charge in [-0.15, -0.1) is 0 Å². The first kappa shape index (κ1) is 22.8. The van der Waals surface area contributed by atoms with E-state index in [0.29, 0.717) is 24.1 Å². The Morgan fingerprint density at radius 2 is 1.71 bits per heavy atom. The standard InChI is InChI=1S/C23H28N2O5S/c1-23(16-8-7-11-20(23)22(27)30-3)24-21(26)17-12-14-19(15-13-17)31(28,29)25(2)18-9-5-4-6-10-18/h4-6,9-10,12-15,20H,7-8,11,16H2,1-3H3,(H,24,26)/t20-,23-/m0/s1. The molecule has 0 unspecified atom stereocenters. The number of amides is 1.